The maximum Gasteiger partial charge on any atom is 0.222 e. The Morgan fingerprint density at radius 2 is 1.96 bits per heavy atom. The predicted octanol–water partition coefficient (Wildman–Crippen LogP) is 4.42. The van der Waals surface area contributed by atoms with Crippen LogP contribution in [-0.2, 0) is 4.79 Å². The number of nitrogens with two attached hydrogens (primary N) is 1. The first-order chi connectivity index (χ1) is 12.4. The zero-order valence-corrected chi connectivity index (χ0v) is 16.2. The van der Waals surface area contributed by atoms with Crippen molar-refractivity contribution in [1.29, 1.82) is 0 Å². The molecule has 26 heavy (non-hydrogen) atoms. The van der Waals surface area contributed by atoms with Crippen molar-refractivity contribution in [3.8, 4) is 0 Å². The molecule has 0 saturated heterocycles. The molecule has 1 amide bonds. The molecule has 140 valence electrons. The number of anilines is 4. The summed E-state index contributed by atoms with van der Waals surface area (Å²) in [5.41, 5.74) is 6.93. The van der Waals surface area contributed by atoms with Gasteiger partial charge in [0.15, 0.2) is 0 Å². The number of pyridine rings is 1. The van der Waals surface area contributed by atoms with E-state index in [1.54, 1.807) is 24.3 Å². The van der Waals surface area contributed by atoms with Crippen LogP contribution >= 0.6 is 11.6 Å². The highest BCUT2D eigenvalue weighted by molar-refractivity contribution is 6.30. The number of carbonyl (C=O) groups excluding carboxylic acids is 1. The van der Waals surface area contributed by atoms with Crippen molar-refractivity contribution >= 4 is 41.3 Å². The van der Waals surface area contributed by atoms with Crippen molar-refractivity contribution < 1.29 is 4.79 Å². The van der Waals surface area contributed by atoms with Gasteiger partial charge in [-0.1, -0.05) is 38.1 Å². The summed E-state index contributed by atoms with van der Waals surface area (Å²) in [5, 5.41) is 6.08. The summed E-state index contributed by atoms with van der Waals surface area (Å²) < 4.78 is 0. The van der Waals surface area contributed by atoms with Crippen LogP contribution in [0.15, 0.2) is 48.2 Å². The van der Waals surface area contributed by atoms with Crippen molar-refractivity contribution in [2.45, 2.75) is 27.7 Å². The summed E-state index contributed by atoms with van der Waals surface area (Å²) in [6.45, 7) is 11.1. The maximum atomic E-state index is 10.2. The summed E-state index contributed by atoms with van der Waals surface area (Å²) in [6.07, 6.45) is 5.71. The standard InChI is InChI=1S/C11H12N6O.C5H7Cl.C2H6/c1-7-4-10(17-11(12)15-7)16-9-3-2-8(5-13-9)14-6-18;1-3-4-5(2)6;1-2/h2-6H,1H3,(H,14,18)(H3,12,13,15,16,17);3-4H,2H2,1H3;1-2H3/b;4-3+;. The van der Waals surface area contributed by atoms with Gasteiger partial charge in [-0.25, -0.2) is 9.97 Å². The third-order valence-corrected chi connectivity index (χ3v) is 2.59. The number of allylic oxidation sites excluding steroid dienone is 3. The molecule has 2 rings (SSSR count). The Balaban J connectivity index is 0.000000667. The molecule has 0 aliphatic rings. The highest BCUT2D eigenvalue weighted by atomic mass is 35.5. The number of hydrogen-bond donors (Lipinski definition) is 3. The Morgan fingerprint density at radius 3 is 2.38 bits per heavy atom. The van der Waals surface area contributed by atoms with Gasteiger partial charge in [0.25, 0.3) is 0 Å². The van der Waals surface area contributed by atoms with Crippen LogP contribution in [0.5, 0.6) is 0 Å². The van der Waals surface area contributed by atoms with Gasteiger partial charge in [-0.3, -0.25) is 4.79 Å². The minimum absolute atomic E-state index is 0.205. The molecule has 0 atom stereocenters. The number of halogens is 1. The fraction of sp³-hybridized carbons (Fsp3) is 0.222. The smallest absolute Gasteiger partial charge is 0.222 e. The molecule has 2 aromatic heterocycles. The first kappa shape index (κ1) is 23.1. The summed E-state index contributed by atoms with van der Waals surface area (Å²) in [6, 6.07) is 5.20. The topological polar surface area (TPSA) is 106 Å². The third kappa shape index (κ3) is 10.0. The van der Waals surface area contributed by atoms with E-state index in [1.807, 2.05) is 33.8 Å². The molecule has 2 aromatic rings. The maximum absolute atomic E-state index is 10.2. The normalized spacial score (nSPS) is 9.27. The molecule has 4 N–H and O–H groups in total. The number of hydrogen-bond acceptors (Lipinski definition) is 6. The van der Waals surface area contributed by atoms with E-state index < -0.39 is 0 Å². The van der Waals surface area contributed by atoms with E-state index in [0.717, 1.165) is 5.69 Å². The van der Waals surface area contributed by atoms with Gasteiger partial charge in [-0.05, 0) is 32.1 Å². The van der Waals surface area contributed by atoms with Gasteiger partial charge in [-0.2, -0.15) is 4.98 Å². The zero-order valence-electron chi connectivity index (χ0n) is 15.5. The monoisotopic (exact) mass is 376 g/mol. The molecule has 0 unspecified atom stereocenters. The predicted molar refractivity (Wildman–Crippen MR) is 110 cm³/mol. The fourth-order valence-corrected chi connectivity index (χ4v) is 1.71. The molecule has 7 nitrogen and oxygen atoms in total. The molecule has 0 fully saturated rings. The quantitative estimate of drug-likeness (QED) is 0.527. The van der Waals surface area contributed by atoms with E-state index in [1.165, 1.54) is 6.20 Å². The first-order valence-electron chi connectivity index (χ1n) is 7.96. The first-order valence-corrected chi connectivity index (χ1v) is 8.34. The molecule has 0 aromatic carbocycles. The Hall–Kier alpha value is -2.93. The molecule has 2 heterocycles. The lowest BCUT2D eigenvalue weighted by atomic mass is 10.4. The van der Waals surface area contributed by atoms with Crippen LogP contribution < -0.4 is 16.4 Å². The second-order valence-electron chi connectivity index (χ2n) is 4.52. The van der Waals surface area contributed by atoms with Gasteiger partial charge in [0.05, 0.1) is 11.9 Å². The summed E-state index contributed by atoms with van der Waals surface area (Å²) in [5.74, 6) is 1.38. The molecule has 0 bridgehead atoms. The highest BCUT2D eigenvalue weighted by Gasteiger charge is 2.01. The number of nitrogens with one attached hydrogen (secondary N) is 2. The zero-order chi connectivity index (χ0) is 19.9. The summed E-state index contributed by atoms with van der Waals surface area (Å²) in [4.78, 5) is 22.4. The van der Waals surface area contributed by atoms with Gasteiger partial charge in [-0.15, -0.1) is 0 Å². The molecular weight excluding hydrogens is 352 g/mol. The number of aryl methyl sites for hydroxylation is 1. The fourth-order valence-electron chi connectivity index (χ4n) is 1.59. The van der Waals surface area contributed by atoms with Crippen LogP contribution in [0, 0.1) is 6.92 Å². The molecule has 0 saturated carbocycles. The largest absolute Gasteiger partial charge is 0.368 e. The SMILES string of the molecule is C=C(Cl)/C=C/C.CC.Cc1cc(Nc2ccc(NC=O)cn2)nc(N)n1. The van der Waals surface area contributed by atoms with Crippen LogP contribution in [0.4, 0.5) is 23.3 Å². The lowest BCUT2D eigenvalue weighted by Crippen LogP contribution is -2.02. The molecule has 0 radical (unpaired) electrons. The van der Waals surface area contributed by atoms with Crippen molar-refractivity contribution in [2.75, 3.05) is 16.4 Å². The Morgan fingerprint density at radius 1 is 1.27 bits per heavy atom. The Labute approximate surface area is 159 Å². The molecule has 0 aliphatic heterocycles. The average molecular weight is 377 g/mol. The highest BCUT2D eigenvalue weighted by Crippen LogP contribution is 2.15. The molecule has 0 aliphatic carbocycles. The van der Waals surface area contributed by atoms with Crippen molar-refractivity contribution in [3.63, 3.8) is 0 Å². The number of nitrogen functional groups attached to an aromatic ring is 1. The second-order valence-corrected chi connectivity index (χ2v) is 5.00. The summed E-state index contributed by atoms with van der Waals surface area (Å²) >= 11 is 5.30. The minimum Gasteiger partial charge on any atom is -0.368 e. The Kier molecular flexibility index (Phi) is 11.9. The average Bonchev–Trinajstić information content (AvgIpc) is 2.58. The van der Waals surface area contributed by atoms with Gasteiger partial charge < -0.3 is 16.4 Å². The molecule has 0 spiro atoms. The van der Waals surface area contributed by atoms with Crippen molar-refractivity contribution in [1.82, 2.24) is 15.0 Å². The lowest BCUT2D eigenvalue weighted by molar-refractivity contribution is -0.105. The van der Waals surface area contributed by atoms with E-state index in [2.05, 4.69) is 32.2 Å². The Bertz CT molecular complexity index is 696. The van der Waals surface area contributed by atoms with Crippen LogP contribution in [0.25, 0.3) is 0 Å². The number of carbonyl (C=O) groups is 1. The third-order valence-electron chi connectivity index (χ3n) is 2.46. The summed E-state index contributed by atoms with van der Waals surface area (Å²) in [7, 11) is 0. The van der Waals surface area contributed by atoms with Gasteiger partial charge in [0.2, 0.25) is 12.4 Å². The van der Waals surface area contributed by atoms with E-state index in [-0.39, 0.29) is 5.95 Å². The van der Waals surface area contributed by atoms with Gasteiger partial charge >= 0.3 is 0 Å². The number of aromatic nitrogens is 3. The van der Waals surface area contributed by atoms with Gasteiger partial charge in [0.1, 0.15) is 11.6 Å². The van der Waals surface area contributed by atoms with E-state index >= 15 is 0 Å². The number of amides is 1. The van der Waals surface area contributed by atoms with Crippen molar-refractivity contribution in [3.05, 3.63) is 53.9 Å². The van der Waals surface area contributed by atoms with E-state index in [0.29, 0.717) is 28.8 Å². The minimum atomic E-state index is 0.205. The number of rotatable bonds is 5. The molecular formula is C18H25ClN6O. The second kappa shape index (κ2) is 13.4. The van der Waals surface area contributed by atoms with E-state index in [9.17, 15) is 4.79 Å². The van der Waals surface area contributed by atoms with Crippen LogP contribution in [0.1, 0.15) is 26.5 Å². The van der Waals surface area contributed by atoms with Crippen LogP contribution in [0.3, 0.4) is 0 Å². The van der Waals surface area contributed by atoms with Crippen LogP contribution in [0.2, 0.25) is 0 Å². The molecule has 8 heteroatoms. The number of nitrogens with zero attached hydrogens (tertiary/aromatic N) is 3. The van der Waals surface area contributed by atoms with E-state index in [4.69, 9.17) is 17.3 Å². The van der Waals surface area contributed by atoms with Crippen molar-refractivity contribution in [2.24, 2.45) is 0 Å². The lowest BCUT2D eigenvalue weighted by Gasteiger charge is -2.06. The van der Waals surface area contributed by atoms with Crippen LogP contribution in [-0.4, -0.2) is 21.4 Å². The van der Waals surface area contributed by atoms with Gasteiger partial charge in [0, 0.05) is 16.8 Å².